The van der Waals surface area contributed by atoms with Gasteiger partial charge in [-0.25, -0.2) is 17.6 Å². The van der Waals surface area contributed by atoms with Gasteiger partial charge >= 0.3 is 5.97 Å². The van der Waals surface area contributed by atoms with E-state index < -0.39 is 26.4 Å². The minimum atomic E-state index is -3.36. The lowest BCUT2D eigenvalue weighted by molar-refractivity contribution is 0.0692. The molecule has 7 heteroatoms. The van der Waals surface area contributed by atoms with Crippen LogP contribution in [0.25, 0.3) is 0 Å². The van der Waals surface area contributed by atoms with Gasteiger partial charge in [0.15, 0.2) is 9.84 Å². The van der Waals surface area contributed by atoms with Crippen molar-refractivity contribution in [1.29, 1.82) is 0 Å². The largest absolute Gasteiger partial charge is 0.492 e. The van der Waals surface area contributed by atoms with Crippen LogP contribution in [0.1, 0.15) is 31.1 Å². The van der Waals surface area contributed by atoms with Crippen molar-refractivity contribution in [2.75, 3.05) is 12.4 Å². The molecule has 1 aromatic carbocycles. The lowest BCUT2D eigenvalue weighted by Crippen LogP contribution is -2.32. The molecule has 0 unspecified atom stereocenters. The Labute approximate surface area is 117 Å². The topological polar surface area (TPSA) is 80.7 Å². The Kier molecular flexibility index (Phi) is 4.75. The van der Waals surface area contributed by atoms with Crippen LogP contribution < -0.4 is 4.74 Å². The summed E-state index contributed by atoms with van der Waals surface area (Å²) < 4.78 is 40.9. The summed E-state index contributed by atoms with van der Waals surface area (Å²) in [5.41, 5.74) is -0.335. The summed E-state index contributed by atoms with van der Waals surface area (Å²) in [6.07, 6.45) is 0. The first-order valence-electron chi connectivity index (χ1n) is 5.92. The second-order valence-electron chi connectivity index (χ2n) is 5.23. The van der Waals surface area contributed by atoms with Gasteiger partial charge in [-0.3, -0.25) is 0 Å². The minimum Gasteiger partial charge on any atom is -0.492 e. The van der Waals surface area contributed by atoms with Gasteiger partial charge in [-0.05, 0) is 39.0 Å². The van der Waals surface area contributed by atoms with Crippen molar-refractivity contribution in [3.05, 3.63) is 29.6 Å². The van der Waals surface area contributed by atoms with E-state index in [-0.39, 0.29) is 23.7 Å². The number of hydrogen-bond donors (Lipinski definition) is 1. The van der Waals surface area contributed by atoms with E-state index >= 15 is 0 Å². The van der Waals surface area contributed by atoms with Gasteiger partial charge < -0.3 is 9.84 Å². The van der Waals surface area contributed by atoms with E-state index in [0.717, 1.165) is 12.1 Å². The van der Waals surface area contributed by atoms with E-state index in [1.165, 1.54) is 6.07 Å². The molecular formula is C13H17FO5S. The Morgan fingerprint density at radius 3 is 2.45 bits per heavy atom. The van der Waals surface area contributed by atoms with Crippen LogP contribution in [0.4, 0.5) is 4.39 Å². The highest BCUT2D eigenvalue weighted by Gasteiger charge is 2.28. The number of carboxylic acid groups (broad SMARTS) is 1. The van der Waals surface area contributed by atoms with Crippen LogP contribution in [0.15, 0.2) is 18.2 Å². The highest BCUT2D eigenvalue weighted by Crippen LogP contribution is 2.21. The fourth-order valence-electron chi connectivity index (χ4n) is 1.36. The van der Waals surface area contributed by atoms with Crippen molar-refractivity contribution in [3.63, 3.8) is 0 Å². The zero-order valence-corrected chi connectivity index (χ0v) is 12.3. The van der Waals surface area contributed by atoms with E-state index in [9.17, 15) is 17.6 Å². The molecule has 0 radical (unpaired) electrons. The third-order valence-corrected chi connectivity index (χ3v) is 5.28. The standard InChI is InChI=1S/C13H17FO5S/c1-13(2,3)20(17,18)7-6-19-11-5-4-9(14)8-10(11)12(15)16/h4-5,8H,6-7H2,1-3H3,(H,15,16). The molecule has 0 saturated heterocycles. The van der Waals surface area contributed by atoms with E-state index in [0.29, 0.717) is 0 Å². The lowest BCUT2D eigenvalue weighted by atomic mass is 10.2. The van der Waals surface area contributed by atoms with Crippen molar-refractivity contribution < 1.29 is 27.4 Å². The Morgan fingerprint density at radius 1 is 1.35 bits per heavy atom. The van der Waals surface area contributed by atoms with E-state index in [4.69, 9.17) is 9.84 Å². The highest BCUT2D eigenvalue weighted by molar-refractivity contribution is 7.92. The van der Waals surface area contributed by atoms with E-state index in [1.807, 2.05) is 0 Å². The molecule has 5 nitrogen and oxygen atoms in total. The van der Waals surface area contributed by atoms with Gasteiger partial charge in [-0.1, -0.05) is 0 Å². The molecular weight excluding hydrogens is 287 g/mol. The lowest BCUT2D eigenvalue weighted by Gasteiger charge is -2.19. The third-order valence-electron chi connectivity index (χ3n) is 2.71. The van der Waals surface area contributed by atoms with Crippen LogP contribution in [0.2, 0.25) is 0 Å². The molecule has 0 saturated carbocycles. The molecule has 20 heavy (non-hydrogen) atoms. The summed E-state index contributed by atoms with van der Waals surface area (Å²) in [5.74, 6) is -2.33. The number of benzene rings is 1. The number of sulfone groups is 1. The van der Waals surface area contributed by atoms with Crippen molar-refractivity contribution in [1.82, 2.24) is 0 Å². The van der Waals surface area contributed by atoms with Gasteiger partial charge in [-0.2, -0.15) is 0 Å². The second-order valence-corrected chi connectivity index (χ2v) is 8.09. The summed E-state index contributed by atoms with van der Waals surface area (Å²) >= 11 is 0. The third kappa shape index (κ3) is 3.93. The van der Waals surface area contributed by atoms with Gasteiger partial charge in [0.1, 0.15) is 23.7 Å². The second kappa shape index (κ2) is 5.78. The van der Waals surface area contributed by atoms with Crippen molar-refractivity contribution >= 4 is 15.8 Å². The summed E-state index contributed by atoms with van der Waals surface area (Å²) in [6, 6.07) is 3.05. The SMILES string of the molecule is CC(C)(C)S(=O)(=O)CCOc1ccc(F)cc1C(=O)O. The molecule has 0 aliphatic heterocycles. The molecule has 1 N–H and O–H groups in total. The Bertz CT molecular complexity index is 602. The number of carbonyl (C=O) groups is 1. The van der Waals surface area contributed by atoms with Gasteiger partial charge in [0.25, 0.3) is 0 Å². The molecule has 112 valence electrons. The van der Waals surface area contributed by atoms with Gasteiger partial charge in [0, 0.05) is 0 Å². The number of hydrogen-bond acceptors (Lipinski definition) is 4. The normalized spacial score (nSPS) is 12.2. The highest BCUT2D eigenvalue weighted by atomic mass is 32.2. The number of ether oxygens (including phenoxy) is 1. The van der Waals surface area contributed by atoms with Crippen LogP contribution in [-0.2, 0) is 9.84 Å². The van der Waals surface area contributed by atoms with Crippen LogP contribution in [-0.4, -0.2) is 36.6 Å². The first kappa shape index (κ1) is 16.4. The molecule has 0 amide bonds. The first-order chi connectivity index (χ1) is 9.04. The Hall–Kier alpha value is -1.63. The smallest absolute Gasteiger partial charge is 0.339 e. The van der Waals surface area contributed by atoms with E-state index in [1.54, 1.807) is 20.8 Å². The summed E-state index contributed by atoms with van der Waals surface area (Å²) in [4.78, 5) is 10.9. The molecule has 0 fully saturated rings. The number of halogens is 1. The van der Waals surface area contributed by atoms with Crippen molar-refractivity contribution in [2.45, 2.75) is 25.5 Å². The molecule has 0 bridgehead atoms. The maximum absolute atomic E-state index is 13.0. The monoisotopic (exact) mass is 304 g/mol. The number of carboxylic acids is 1. The Morgan fingerprint density at radius 2 is 1.95 bits per heavy atom. The van der Waals surface area contributed by atoms with E-state index in [2.05, 4.69) is 0 Å². The minimum absolute atomic E-state index is 0.0528. The number of rotatable bonds is 5. The average molecular weight is 304 g/mol. The van der Waals surface area contributed by atoms with Crippen molar-refractivity contribution in [2.24, 2.45) is 0 Å². The molecule has 0 aliphatic carbocycles. The molecule has 1 aromatic rings. The zero-order chi connectivity index (χ0) is 15.6. The van der Waals surface area contributed by atoms with Crippen LogP contribution >= 0.6 is 0 Å². The zero-order valence-electron chi connectivity index (χ0n) is 11.5. The van der Waals surface area contributed by atoms with Gasteiger partial charge in [0.2, 0.25) is 0 Å². The van der Waals surface area contributed by atoms with Gasteiger partial charge in [-0.15, -0.1) is 0 Å². The average Bonchev–Trinajstić information content (AvgIpc) is 2.29. The van der Waals surface area contributed by atoms with Crippen molar-refractivity contribution in [3.8, 4) is 5.75 Å². The first-order valence-corrected chi connectivity index (χ1v) is 7.58. The summed E-state index contributed by atoms with van der Waals surface area (Å²) in [5, 5.41) is 8.91. The molecule has 0 aromatic heterocycles. The predicted molar refractivity (Wildman–Crippen MR) is 72.4 cm³/mol. The van der Waals surface area contributed by atoms with Crippen LogP contribution in [0.3, 0.4) is 0 Å². The van der Waals surface area contributed by atoms with Crippen LogP contribution in [0, 0.1) is 5.82 Å². The molecule has 0 heterocycles. The fraction of sp³-hybridized carbons (Fsp3) is 0.462. The molecule has 0 aliphatic rings. The fourth-order valence-corrected chi connectivity index (χ4v) is 2.28. The maximum Gasteiger partial charge on any atom is 0.339 e. The van der Waals surface area contributed by atoms with Crippen LogP contribution in [0.5, 0.6) is 5.75 Å². The quantitative estimate of drug-likeness (QED) is 0.901. The summed E-state index contributed by atoms with van der Waals surface area (Å²) in [7, 11) is -3.36. The Balaban J connectivity index is 2.80. The maximum atomic E-state index is 13.0. The molecule has 1 rings (SSSR count). The molecule has 0 spiro atoms. The summed E-state index contributed by atoms with van der Waals surface area (Å²) in [6.45, 7) is 4.53. The molecule has 0 atom stereocenters. The number of aromatic carboxylic acids is 1. The van der Waals surface area contributed by atoms with Gasteiger partial charge in [0.05, 0.1) is 10.5 Å². The predicted octanol–water partition coefficient (Wildman–Crippen LogP) is 2.12.